The van der Waals surface area contributed by atoms with Crippen LogP contribution in [0.25, 0.3) is 0 Å². The monoisotopic (exact) mass is 129 g/mol. The summed E-state index contributed by atoms with van der Waals surface area (Å²) in [5.41, 5.74) is 6.19. The first-order valence-corrected chi connectivity index (χ1v) is 3.30. The third-order valence-electron chi connectivity index (χ3n) is 2.38. The molecule has 1 atom stereocenters. The molecule has 54 valence electrons. The van der Waals surface area contributed by atoms with E-state index in [4.69, 9.17) is 10.5 Å². The molecule has 0 aromatic carbocycles. The highest BCUT2D eigenvalue weighted by Crippen LogP contribution is 2.53. The second-order valence-electron chi connectivity index (χ2n) is 3.65. The maximum absolute atomic E-state index is 5.91. The van der Waals surface area contributed by atoms with Gasteiger partial charge in [0, 0.05) is 12.6 Å². The molecule has 1 saturated carbocycles. The smallest absolute Gasteiger partial charge is 0.0647 e. The molecule has 1 fully saturated rings. The summed E-state index contributed by atoms with van der Waals surface area (Å²) in [6.45, 7) is 5.04. The fourth-order valence-corrected chi connectivity index (χ4v) is 1.25. The van der Waals surface area contributed by atoms with Crippen LogP contribution in [0.1, 0.15) is 20.3 Å². The van der Waals surface area contributed by atoms with E-state index in [2.05, 4.69) is 13.8 Å². The molecule has 0 radical (unpaired) electrons. The van der Waals surface area contributed by atoms with E-state index in [1.54, 1.807) is 7.11 Å². The van der Waals surface area contributed by atoms with Gasteiger partial charge in [0.05, 0.1) is 6.61 Å². The van der Waals surface area contributed by atoms with Crippen molar-refractivity contribution in [2.45, 2.75) is 25.8 Å². The van der Waals surface area contributed by atoms with Crippen molar-refractivity contribution in [3.8, 4) is 0 Å². The molecule has 0 heterocycles. The second-order valence-corrected chi connectivity index (χ2v) is 3.65. The Morgan fingerprint density at radius 3 is 2.11 bits per heavy atom. The van der Waals surface area contributed by atoms with E-state index in [-0.39, 0.29) is 5.54 Å². The van der Waals surface area contributed by atoms with E-state index in [0.717, 1.165) is 6.42 Å². The molecule has 0 aliphatic heterocycles. The zero-order valence-electron chi connectivity index (χ0n) is 6.40. The molecule has 0 aromatic rings. The molecule has 0 aromatic heterocycles. The highest BCUT2D eigenvalue weighted by molar-refractivity contribution is 5.14. The minimum Gasteiger partial charge on any atom is -0.383 e. The minimum atomic E-state index is -0.0260. The number of ether oxygens (including phenoxy) is 1. The van der Waals surface area contributed by atoms with Gasteiger partial charge in [-0.1, -0.05) is 13.8 Å². The Balaban J connectivity index is 2.42. The van der Waals surface area contributed by atoms with E-state index < -0.39 is 0 Å². The quantitative estimate of drug-likeness (QED) is 0.597. The predicted molar refractivity (Wildman–Crippen MR) is 37.2 cm³/mol. The molecule has 9 heavy (non-hydrogen) atoms. The first kappa shape index (κ1) is 7.03. The summed E-state index contributed by atoms with van der Waals surface area (Å²) < 4.78 is 4.98. The van der Waals surface area contributed by atoms with Crippen LogP contribution in [0, 0.1) is 5.41 Å². The Morgan fingerprint density at radius 1 is 1.56 bits per heavy atom. The van der Waals surface area contributed by atoms with Crippen molar-refractivity contribution in [2.75, 3.05) is 13.7 Å². The zero-order chi connectivity index (χ0) is 7.12. The lowest BCUT2D eigenvalue weighted by atomic mass is 10.1. The first-order valence-electron chi connectivity index (χ1n) is 3.30. The number of hydrogen-bond acceptors (Lipinski definition) is 2. The summed E-state index contributed by atoms with van der Waals surface area (Å²) in [6, 6.07) is 0. The molecule has 1 rings (SSSR count). The average Bonchev–Trinajstić information content (AvgIpc) is 2.07. The van der Waals surface area contributed by atoms with Crippen molar-refractivity contribution in [1.82, 2.24) is 0 Å². The maximum atomic E-state index is 5.91. The molecule has 0 bridgehead atoms. The summed E-state index contributed by atoms with van der Waals surface area (Å²) in [7, 11) is 1.70. The van der Waals surface area contributed by atoms with E-state index in [9.17, 15) is 0 Å². The SMILES string of the molecule is COCC1(N)CC1(C)C. The van der Waals surface area contributed by atoms with Gasteiger partial charge in [-0.3, -0.25) is 0 Å². The summed E-state index contributed by atoms with van der Waals surface area (Å²) >= 11 is 0. The van der Waals surface area contributed by atoms with Crippen molar-refractivity contribution in [1.29, 1.82) is 0 Å². The number of hydrogen-bond donors (Lipinski definition) is 1. The molecule has 1 aliphatic carbocycles. The fraction of sp³-hybridized carbons (Fsp3) is 1.00. The van der Waals surface area contributed by atoms with E-state index in [1.165, 1.54) is 0 Å². The number of methoxy groups -OCH3 is 1. The van der Waals surface area contributed by atoms with Crippen LogP contribution in [0.5, 0.6) is 0 Å². The molecular formula is C7H15NO. The molecule has 0 amide bonds. The van der Waals surface area contributed by atoms with Gasteiger partial charge in [0.25, 0.3) is 0 Å². The standard InChI is InChI=1S/C7H15NO/c1-6(2)4-7(6,8)5-9-3/h4-5,8H2,1-3H3. The first-order chi connectivity index (χ1) is 4.02. The van der Waals surface area contributed by atoms with Gasteiger partial charge in [-0.25, -0.2) is 0 Å². The van der Waals surface area contributed by atoms with Crippen molar-refractivity contribution >= 4 is 0 Å². The van der Waals surface area contributed by atoms with E-state index >= 15 is 0 Å². The lowest BCUT2D eigenvalue weighted by Gasteiger charge is -2.12. The van der Waals surface area contributed by atoms with Crippen LogP contribution >= 0.6 is 0 Å². The zero-order valence-corrected chi connectivity index (χ0v) is 6.40. The third-order valence-corrected chi connectivity index (χ3v) is 2.38. The van der Waals surface area contributed by atoms with Gasteiger partial charge in [-0.2, -0.15) is 0 Å². The highest BCUT2D eigenvalue weighted by Gasteiger charge is 2.58. The lowest BCUT2D eigenvalue weighted by molar-refractivity contribution is 0.159. The fourth-order valence-electron chi connectivity index (χ4n) is 1.25. The molecule has 1 unspecified atom stereocenters. The van der Waals surface area contributed by atoms with Crippen LogP contribution in [0.3, 0.4) is 0 Å². The Labute approximate surface area is 56.4 Å². The Bertz CT molecular complexity index is 122. The molecule has 1 aliphatic rings. The summed E-state index contributed by atoms with van der Waals surface area (Å²) in [4.78, 5) is 0. The molecule has 0 saturated heterocycles. The summed E-state index contributed by atoms with van der Waals surface area (Å²) in [5, 5.41) is 0. The normalized spacial score (nSPS) is 38.7. The van der Waals surface area contributed by atoms with Crippen LogP contribution < -0.4 is 5.73 Å². The Morgan fingerprint density at radius 2 is 2.00 bits per heavy atom. The highest BCUT2D eigenvalue weighted by atomic mass is 16.5. The minimum absolute atomic E-state index is 0.0260. The molecular weight excluding hydrogens is 114 g/mol. The van der Waals surface area contributed by atoms with Crippen molar-refractivity contribution in [3.05, 3.63) is 0 Å². The van der Waals surface area contributed by atoms with Crippen LogP contribution in [-0.2, 0) is 4.74 Å². The predicted octanol–water partition coefficient (Wildman–Crippen LogP) is 0.760. The van der Waals surface area contributed by atoms with Crippen LogP contribution in [0.15, 0.2) is 0 Å². The third kappa shape index (κ3) is 0.970. The molecule has 2 nitrogen and oxygen atoms in total. The second kappa shape index (κ2) is 1.70. The van der Waals surface area contributed by atoms with Gasteiger partial charge < -0.3 is 10.5 Å². The van der Waals surface area contributed by atoms with Crippen molar-refractivity contribution in [2.24, 2.45) is 11.1 Å². The van der Waals surface area contributed by atoms with Gasteiger partial charge in [-0.05, 0) is 11.8 Å². The van der Waals surface area contributed by atoms with Gasteiger partial charge in [0.15, 0.2) is 0 Å². The molecule has 2 N–H and O–H groups in total. The van der Waals surface area contributed by atoms with Crippen molar-refractivity contribution < 1.29 is 4.74 Å². The molecule has 0 spiro atoms. The van der Waals surface area contributed by atoms with Gasteiger partial charge >= 0.3 is 0 Å². The van der Waals surface area contributed by atoms with Crippen LogP contribution in [0.2, 0.25) is 0 Å². The van der Waals surface area contributed by atoms with E-state index in [0.29, 0.717) is 12.0 Å². The van der Waals surface area contributed by atoms with Crippen molar-refractivity contribution in [3.63, 3.8) is 0 Å². The largest absolute Gasteiger partial charge is 0.383 e. The van der Waals surface area contributed by atoms with Gasteiger partial charge in [0.2, 0.25) is 0 Å². The Kier molecular flexibility index (Phi) is 1.33. The van der Waals surface area contributed by atoms with Crippen LogP contribution in [0.4, 0.5) is 0 Å². The lowest BCUT2D eigenvalue weighted by Crippen LogP contribution is -2.33. The van der Waals surface area contributed by atoms with Gasteiger partial charge in [-0.15, -0.1) is 0 Å². The topological polar surface area (TPSA) is 35.2 Å². The number of nitrogens with two attached hydrogens (primary N) is 1. The van der Waals surface area contributed by atoms with E-state index in [1.807, 2.05) is 0 Å². The molecule has 2 heteroatoms. The average molecular weight is 129 g/mol. The summed E-state index contributed by atoms with van der Waals surface area (Å²) in [5.74, 6) is 0. The Hall–Kier alpha value is -0.0800. The van der Waals surface area contributed by atoms with Gasteiger partial charge in [0.1, 0.15) is 0 Å². The number of rotatable bonds is 2. The summed E-state index contributed by atoms with van der Waals surface area (Å²) in [6.07, 6.45) is 1.09. The van der Waals surface area contributed by atoms with Crippen LogP contribution in [-0.4, -0.2) is 19.3 Å². The maximum Gasteiger partial charge on any atom is 0.0647 e.